The number of aromatic nitrogens is 1. The van der Waals surface area contributed by atoms with Crippen LogP contribution in [0.1, 0.15) is 38.1 Å². The predicted molar refractivity (Wildman–Crippen MR) is 74.4 cm³/mol. The van der Waals surface area contributed by atoms with Crippen LogP contribution in [0.2, 0.25) is 0 Å². The lowest BCUT2D eigenvalue weighted by atomic mass is 10.0. The van der Waals surface area contributed by atoms with Gasteiger partial charge in [0, 0.05) is 12.7 Å². The van der Waals surface area contributed by atoms with Crippen LogP contribution < -0.4 is 5.32 Å². The second kappa shape index (κ2) is 7.14. The van der Waals surface area contributed by atoms with Crippen molar-refractivity contribution in [2.24, 2.45) is 0 Å². The normalized spacial score (nSPS) is 15.0. The fourth-order valence-corrected chi connectivity index (χ4v) is 1.69. The lowest BCUT2D eigenvalue weighted by Crippen LogP contribution is -2.39. The fourth-order valence-electron chi connectivity index (χ4n) is 1.69. The molecule has 3 N–H and O–H groups in total. The number of halogens is 3. The molecular formula is C14H19F3N2O4. The Kier molecular flexibility index (Phi) is 5.95. The first kappa shape index (κ1) is 19.2. The Balaban J connectivity index is 2.75. The molecule has 130 valence electrons. The number of alkyl carbamates (subject to hydrolysis) is 1. The average Bonchev–Trinajstić information content (AvgIpc) is 2.41. The molecule has 0 bridgehead atoms. The van der Waals surface area contributed by atoms with Gasteiger partial charge in [0.15, 0.2) is 0 Å². The number of hydrogen-bond donors (Lipinski definition) is 3. The topological polar surface area (TPSA) is 91.7 Å². The summed E-state index contributed by atoms with van der Waals surface area (Å²) < 4.78 is 43.5. The summed E-state index contributed by atoms with van der Waals surface area (Å²) in [5.41, 5.74) is -2.62. The van der Waals surface area contributed by atoms with Crippen molar-refractivity contribution in [2.45, 2.75) is 44.8 Å². The number of amides is 1. The first-order valence-corrected chi connectivity index (χ1v) is 6.77. The molecule has 0 spiro atoms. The Morgan fingerprint density at radius 1 is 1.35 bits per heavy atom. The van der Waals surface area contributed by atoms with Crippen LogP contribution in [0.3, 0.4) is 0 Å². The van der Waals surface area contributed by atoms with Gasteiger partial charge in [0.2, 0.25) is 0 Å². The summed E-state index contributed by atoms with van der Waals surface area (Å²) in [4.78, 5) is 14.9. The van der Waals surface area contributed by atoms with E-state index < -0.39 is 47.9 Å². The summed E-state index contributed by atoms with van der Waals surface area (Å²) in [6.07, 6.45) is -8.10. The lowest BCUT2D eigenvalue weighted by Gasteiger charge is -2.23. The third kappa shape index (κ3) is 6.03. The van der Waals surface area contributed by atoms with Gasteiger partial charge in [0.25, 0.3) is 0 Å². The number of carbonyl (C=O) groups excluding carboxylic acids is 1. The largest absolute Gasteiger partial charge is 0.444 e. The highest BCUT2D eigenvalue weighted by atomic mass is 19.4. The van der Waals surface area contributed by atoms with Crippen LogP contribution in [0.5, 0.6) is 0 Å². The monoisotopic (exact) mass is 336 g/mol. The Morgan fingerprint density at radius 3 is 2.48 bits per heavy atom. The van der Waals surface area contributed by atoms with Crippen LogP contribution in [0.4, 0.5) is 18.0 Å². The number of ether oxygens (including phenoxy) is 1. The average molecular weight is 336 g/mol. The molecule has 0 aliphatic heterocycles. The number of nitrogens with one attached hydrogen (secondary N) is 1. The Hall–Kier alpha value is -1.87. The van der Waals surface area contributed by atoms with Gasteiger partial charge in [-0.05, 0) is 32.9 Å². The van der Waals surface area contributed by atoms with E-state index in [1.54, 1.807) is 20.8 Å². The highest BCUT2D eigenvalue weighted by Gasteiger charge is 2.37. The maximum Gasteiger partial charge on any atom is 0.418 e. The molecule has 0 aliphatic rings. The molecule has 23 heavy (non-hydrogen) atoms. The van der Waals surface area contributed by atoms with Gasteiger partial charge in [-0.15, -0.1) is 0 Å². The second-order valence-electron chi connectivity index (χ2n) is 5.83. The summed E-state index contributed by atoms with van der Waals surface area (Å²) in [7, 11) is 0. The van der Waals surface area contributed by atoms with Crippen molar-refractivity contribution >= 4 is 6.09 Å². The molecule has 0 aliphatic carbocycles. The smallest absolute Gasteiger partial charge is 0.418 e. The third-order valence-electron chi connectivity index (χ3n) is 2.64. The molecule has 1 rings (SSSR count). The molecule has 0 fully saturated rings. The Labute approximate surface area is 131 Å². The van der Waals surface area contributed by atoms with Gasteiger partial charge in [0.1, 0.15) is 17.8 Å². The fraction of sp³-hybridized carbons (Fsp3) is 0.571. The highest BCUT2D eigenvalue weighted by molar-refractivity contribution is 5.67. The van der Waals surface area contributed by atoms with Crippen molar-refractivity contribution < 1.29 is 32.9 Å². The molecule has 1 amide bonds. The molecule has 0 radical (unpaired) electrons. The minimum Gasteiger partial charge on any atom is -0.444 e. The van der Waals surface area contributed by atoms with Gasteiger partial charge in [-0.1, -0.05) is 0 Å². The maximum absolute atomic E-state index is 12.8. The number of alkyl halides is 3. The summed E-state index contributed by atoms with van der Waals surface area (Å²) in [5.74, 6) is 0. The highest BCUT2D eigenvalue weighted by Crippen LogP contribution is 2.34. The molecule has 0 saturated carbocycles. The number of carbonyl (C=O) groups is 1. The summed E-state index contributed by atoms with van der Waals surface area (Å²) >= 11 is 0. The molecule has 0 aromatic carbocycles. The molecule has 9 heteroatoms. The Morgan fingerprint density at radius 2 is 1.96 bits per heavy atom. The van der Waals surface area contributed by atoms with Gasteiger partial charge in [-0.2, -0.15) is 13.2 Å². The van der Waals surface area contributed by atoms with Gasteiger partial charge in [0.05, 0.1) is 11.3 Å². The molecule has 1 aromatic heterocycles. The van der Waals surface area contributed by atoms with Crippen LogP contribution in [0.15, 0.2) is 18.3 Å². The summed E-state index contributed by atoms with van der Waals surface area (Å²) in [5, 5.41) is 21.8. The number of aliphatic hydroxyl groups excluding tert-OH is 2. The van der Waals surface area contributed by atoms with E-state index in [-0.39, 0.29) is 0 Å². The second-order valence-corrected chi connectivity index (χ2v) is 5.83. The predicted octanol–water partition coefficient (Wildman–Crippen LogP) is 2.02. The first-order chi connectivity index (χ1) is 10.4. The first-order valence-electron chi connectivity index (χ1n) is 6.77. The minimum absolute atomic E-state index is 0.496. The zero-order valence-corrected chi connectivity index (χ0v) is 12.9. The number of rotatable bonds is 4. The van der Waals surface area contributed by atoms with Crippen LogP contribution in [-0.2, 0) is 10.9 Å². The Bertz CT molecular complexity index is 544. The molecule has 2 atom stereocenters. The van der Waals surface area contributed by atoms with Gasteiger partial charge < -0.3 is 20.3 Å². The number of hydrogen-bond acceptors (Lipinski definition) is 5. The van der Waals surface area contributed by atoms with E-state index in [1.807, 2.05) is 0 Å². The van der Waals surface area contributed by atoms with E-state index in [0.29, 0.717) is 0 Å². The maximum atomic E-state index is 12.8. The number of nitrogens with zero attached hydrogens (tertiary/aromatic N) is 1. The van der Waals surface area contributed by atoms with E-state index in [9.17, 15) is 28.2 Å². The van der Waals surface area contributed by atoms with E-state index in [0.717, 1.165) is 18.3 Å². The lowest BCUT2D eigenvalue weighted by molar-refractivity contribution is -0.140. The van der Waals surface area contributed by atoms with E-state index in [1.165, 1.54) is 0 Å². The van der Waals surface area contributed by atoms with Crippen molar-refractivity contribution in [3.8, 4) is 0 Å². The molecular weight excluding hydrogens is 317 g/mol. The number of pyridine rings is 1. The molecule has 2 unspecified atom stereocenters. The van der Waals surface area contributed by atoms with Crippen LogP contribution in [-0.4, -0.2) is 39.5 Å². The molecule has 1 heterocycles. The zero-order valence-electron chi connectivity index (χ0n) is 12.9. The van der Waals surface area contributed by atoms with Gasteiger partial charge >= 0.3 is 12.3 Å². The van der Waals surface area contributed by atoms with Gasteiger partial charge in [-0.3, -0.25) is 4.98 Å². The molecule has 1 aromatic rings. The number of aliphatic hydroxyl groups is 2. The van der Waals surface area contributed by atoms with Crippen LogP contribution >= 0.6 is 0 Å². The van der Waals surface area contributed by atoms with Crippen LogP contribution in [0, 0.1) is 0 Å². The van der Waals surface area contributed by atoms with Crippen molar-refractivity contribution in [3.63, 3.8) is 0 Å². The van der Waals surface area contributed by atoms with E-state index in [2.05, 4.69) is 10.3 Å². The SMILES string of the molecule is CC(C)(C)OC(=O)NCC(O)C(O)c1ncccc1C(F)(F)F. The zero-order chi connectivity index (χ0) is 17.8. The molecule has 6 nitrogen and oxygen atoms in total. The quantitative estimate of drug-likeness (QED) is 0.782. The van der Waals surface area contributed by atoms with E-state index in [4.69, 9.17) is 4.74 Å². The van der Waals surface area contributed by atoms with Gasteiger partial charge in [-0.25, -0.2) is 4.79 Å². The molecule has 0 saturated heterocycles. The summed E-state index contributed by atoms with van der Waals surface area (Å²) in [6, 6.07) is 1.82. The van der Waals surface area contributed by atoms with Crippen molar-refractivity contribution in [1.82, 2.24) is 10.3 Å². The van der Waals surface area contributed by atoms with E-state index >= 15 is 0 Å². The van der Waals surface area contributed by atoms with Crippen molar-refractivity contribution in [3.05, 3.63) is 29.6 Å². The summed E-state index contributed by atoms with van der Waals surface area (Å²) in [6.45, 7) is 4.38. The van der Waals surface area contributed by atoms with Crippen LogP contribution in [0.25, 0.3) is 0 Å². The standard InChI is InChI=1S/C14H19F3N2O4/c1-13(2,3)23-12(22)19-7-9(20)11(21)10-8(14(15,16)17)5-4-6-18-10/h4-6,9,11,20-21H,7H2,1-3H3,(H,19,22). The van der Waals surface area contributed by atoms with Crippen molar-refractivity contribution in [2.75, 3.05) is 6.54 Å². The third-order valence-corrected chi connectivity index (χ3v) is 2.64. The minimum atomic E-state index is -4.72. The van der Waals surface area contributed by atoms with Crippen molar-refractivity contribution in [1.29, 1.82) is 0 Å².